The molecule has 1 heterocycles. The number of fused-ring (bicyclic) bond motifs is 3. The van der Waals surface area contributed by atoms with Crippen molar-refractivity contribution in [2.24, 2.45) is 5.92 Å². The molecular formula is C21H26N2O. The number of hydrogen-bond acceptors (Lipinski definition) is 3. The molecule has 24 heavy (non-hydrogen) atoms. The van der Waals surface area contributed by atoms with Crippen LogP contribution in [0.15, 0.2) is 42.5 Å². The van der Waals surface area contributed by atoms with E-state index in [1.54, 1.807) is 7.11 Å². The lowest BCUT2D eigenvalue weighted by Crippen LogP contribution is -2.32. The van der Waals surface area contributed by atoms with Gasteiger partial charge in [-0.25, -0.2) is 0 Å². The first kappa shape index (κ1) is 15.5. The summed E-state index contributed by atoms with van der Waals surface area (Å²) in [6.45, 7) is 1.12. The van der Waals surface area contributed by atoms with E-state index in [9.17, 15) is 0 Å². The van der Waals surface area contributed by atoms with Crippen LogP contribution in [0, 0.1) is 5.92 Å². The normalized spacial score (nSPS) is 25.0. The van der Waals surface area contributed by atoms with Crippen LogP contribution in [0.4, 0.5) is 5.69 Å². The quantitative estimate of drug-likeness (QED) is 0.926. The van der Waals surface area contributed by atoms with Crippen LogP contribution >= 0.6 is 0 Å². The fourth-order valence-corrected chi connectivity index (χ4v) is 4.48. The minimum Gasteiger partial charge on any atom is -0.497 e. The van der Waals surface area contributed by atoms with Crippen LogP contribution in [0.2, 0.25) is 0 Å². The average molecular weight is 322 g/mol. The lowest BCUT2D eigenvalue weighted by atomic mass is 9.80. The van der Waals surface area contributed by atoms with Gasteiger partial charge in [0.2, 0.25) is 0 Å². The third kappa shape index (κ3) is 2.48. The van der Waals surface area contributed by atoms with Crippen LogP contribution in [0.1, 0.15) is 41.5 Å². The highest BCUT2D eigenvalue weighted by Gasteiger charge is 2.42. The predicted octanol–water partition coefficient (Wildman–Crippen LogP) is 3.95. The molecule has 3 nitrogen and oxygen atoms in total. The summed E-state index contributed by atoms with van der Waals surface area (Å²) in [5.41, 5.74) is 5.57. The number of methoxy groups -OCH3 is 1. The van der Waals surface area contributed by atoms with Crippen molar-refractivity contribution in [1.82, 2.24) is 5.32 Å². The summed E-state index contributed by atoms with van der Waals surface area (Å²) in [4.78, 5) is 2.15. The topological polar surface area (TPSA) is 24.5 Å². The number of ether oxygens (including phenoxy) is 1. The van der Waals surface area contributed by atoms with Gasteiger partial charge in [0.25, 0.3) is 0 Å². The van der Waals surface area contributed by atoms with E-state index in [0.29, 0.717) is 17.9 Å². The molecule has 0 unspecified atom stereocenters. The number of nitrogens with one attached hydrogen (secondary N) is 1. The van der Waals surface area contributed by atoms with E-state index >= 15 is 0 Å². The van der Waals surface area contributed by atoms with Gasteiger partial charge in [-0.1, -0.05) is 18.2 Å². The van der Waals surface area contributed by atoms with Crippen LogP contribution in [0.5, 0.6) is 5.75 Å². The standard InChI is InChI=1S/C21H26N2O/c1-23(2)15-8-6-14(7-9-15)20-18-5-4-12-22-21(18)17-11-10-16(24-3)13-19(17)20/h6-11,13,18,20-22H,4-5,12H2,1-3H3/t18-,20-,21+/m0/s1. The summed E-state index contributed by atoms with van der Waals surface area (Å²) in [5, 5.41) is 3.76. The molecule has 0 amide bonds. The van der Waals surface area contributed by atoms with Gasteiger partial charge in [-0.3, -0.25) is 0 Å². The Hall–Kier alpha value is -2.00. The van der Waals surface area contributed by atoms with Crippen LogP contribution in [0.25, 0.3) is 0 Å². The molecule has 2 aliphatic rings. The molecular weight excluding hydrogens is 296 g/mol. The molecule has 1 aliphatic heterocycles. The largest absolute Gasteiger partial charge is 0.497 e. The van der Waals surface area contributed by atoms with Gasteiger partial charge >= 0.3 is 0 Å². The summed E-state index contributed by atoms with van der Waals surface area (Å²) in [6, 6.07) is 16.2. The number of anilines is 1. The summed E-state index contributed by atoms with van der Waals surface area (Å²) in [5.74, 6) is 2.07. The molecule has 1 saturated heterocycles. The van der Waals surface area contributed by atoms with E-state index in [0.717, 1.165) is 12.3 Å². The molecule has 3 atom stereocenters. The van der Waals surface area contributed by atoms with Crippen molar-refractivity contribution in [3.8, 4) is 5.75 Å². The highest BCUT2D eigenvalue weighted by Crippen LogP contribution is 2.52. The minimum atomic E-state index is 0.462. The lowest BCUT2D eigenvalue weighted by molar-refractivity contribution is 0.287. The number of rotatable bonds is 3. The molecule has 0 radical (unpaired) electrons. The second kappa shape index (κ2) is 6.14. The highest BCUT2D eigenvalue weighted by molar-refractivity contribution is 5.53. The smallest absolute Gasteiger partial charge is 0.119 e. The van der Waals surface area contributed by atoms with Crippen molar-refractivity contribution in [2.75, 3.05) is 32.6 Å². The van der Waals surface area contributed by atoms with Gasteiger partial charge in [0.05, 0.1) is 7.11 Å². The van der Waals surface area contributed by atoms with Crippen molar-refractivity contribution < 1.29 is 4.74 Å². The Labute approximate surface area is 144 Å². The zero-order valence-electron chi connectivity index (χ0n) is 14.8. The van der Waals surface area contributed by atoms with Gasteiger partial charge in [-0.15, -0.1) is 0 Å². The summed E-state index contributed by atoms with van der Waals surface area (Å²) < 4.78 is 5.50. The molecule has 1 aliphatic carbocycles. The van der Waals surface area contributed by atoms with Gasteiger partial charge in [0.15, 0.2) is 0 Å². The first-order valence-electron chi connectivity index (χ1n) is 8.87. The van der Waals surface area contributed by atoms with E-state index < -0.39 is 0 Å². The van der Waals surface area contributed by atoms with Crippen LogP contribution in [0.3, 0.4) is 0 Å². The molecule has 3 heteroatoms. The Bertz CT molecular complexity index is 723. The number of benzene rings is 2. The Kier molecular flexibility index (Phi) is 3.97. The van der Waals surface area contributed by atoms with Crippen molar-refractivity contribution in [3.63, 3.8) is 0 Å². The van der Waals surface area contributed by atoms with E-state index in [-0.39, 0.29) is 0 Å². The Morgan fingerprint density at radius 1 is 1.04 bits per heavy atom. The van der Waals surface area contributed by atoms with E-state index in [2.05, 4.69) is 66.8 Å². The first-order valence-corrected chi connectivity index (χ1v) is 8.87. The van der Waals surface area contributed by atoms with Gasteiger partial charge in [0.1, 0.15) is 5.75 Å². The zero-order chi connectivity index (χ0) is 16.7. The molecule has 2 aromatic carbocycles. The van der Waals surface area contributed by atoms with E-state index in [4.69, 9.17) is 4.74 Å². The first-order chi connectivity index (χ1) is 11.7. The van der Waals surface area contributed by atoms with Gasteiger partial charge in [-0.05, 0) is 66.3 Å². The Morgan fingerprint density at radius 2 is 1.83 bits per heavy atom. The fourth-order valence-electron chi connectivity index (χ4n) is 4.48. The third-order valence-electron chi connectivity index (χ3n) is 5.67. The van der Waals surface area contributed by atoms with Crippen molar-refractivity contribution in [2.45, 2.75) is 24.8 Å². The van der Waals surface area contributed by atoms with Crippen LogP contribution < -0.4 is 15.0 Å². The van der Waals surface area contributed by atoms with Crippen molar-refractivity contribution >= 4 is 5.69 Å². The molecule has 4 rings (SSSR count). The monoisotopic (exact) mass is 322 g/mol. The zero-order valence-corrected chi connectivity index (χ0v) is 14.8. The van der Waals surface area contributed by atoms with E-state index in [1.807, 2.05) is 0 Å². The van der Waals surface area contributed by atoms with Crippen LogP contribution in [-0.2, 0) is 0 Å². The molecule has 0 saturated carbocycles. The summed E-state index contributed by atoms with van der Waals surface area (Å²) in [7, 11) is 5.93. The third-order valence-corrected chi connectivity index (χ3v) is 5.67. The molecule has 126 valence electrons. The van der Waals surface area contributed by atoms with E-state index in [1.165, 1.54) is 35.2 Å². The molecule has 0 bridgehead atoms. The second-order valence-corrected chi connectivity index (χ2v) is 7.20. The maximum Gasteiger partial charge on any atom is 0.119 e. The maximum atomic E-state index is 5.50. The van der Waals surface area contributed by atoms with Crippen molar-refractivity contribution in [3.05, 3.63) is 59.2 Å². The average Bonchev–Trinajstić information content (AvgIpc) is 2.95. The number of nitrogens with zero attached hydrogens (tertiary/aromatic N) is 1. The molecule has 1 fully saturated rings. The molecule has 2 aromatic rings. The second-order valence-electron chi connectivity index (χ2n) is 7.20. The fraction of sp³-hybridized carbons (Fsp3) is 0.429. The molecule has 1 N–H and O–H groups in total. The lowest BCUT2D eigenvalue weighted by Gasteiger charge is -2.31. The maximum absolute atomic E-state index is 5.50. The Morgan fingerprint density at radius 3 is 2.54 bits per heavy atom. The number of hydrogen-bond donors (Lipinski definition) is 1. The van der Waals surface area contributed by atoms with Gasteiger partial charge in [-0.2, -0.15) is 0 Å². The summed E-state index contributed by atoms with van der Waals surface area (Å²) in [6.07, 6.45) is 2.55. The van der Waals surface area contributed by atoms with Gasteiger partial charge in [0, 0.05) is 31.7 Å². The number of piperidine rings is 1. The summed E-state index contributed by atoms with van der Waals surface area (Å²) >= 11 is 0. The van der Waals surface area contributed by atoms with Crippen LogP contribution in [-0.4, -0.2) is 27.7 Å². The SMILES string of the molecule is COc1ccc2c(c1)[C@@H](c1ccc(N(C)C)cc1)[C@@H]1CCCN[C@H]21. The minimum absolute atomic E-state index is 0.462. The highest BCUT2D eigenvalue weighted by atomic mass is 16.5. The molecule has 0 spiro atoms. The van der Waals surface area contributed by atoms with Crippen molar-refractivity contribution in [1.29, 1.82) is 0 Å². The molecule has 0 aromatic heterocycles. The van der Waals surface area contributed by atoms with Gasteiger partial charge < -0.3 is 15.0 Å². The Balaban J connectivity index is 1.78. The predicted molar refractivity (Wildman–Crippen MR) is 99.1 cm³/mol.